The number of carbonyl (C=O) groups excluding carboxylic acids is 1. The number of hydrogen-bond donors (Lipinski definition) is 1. The summed E-state index contributed by atoms with van der Waals surface area (Å²) >= 11 is 0. The molecule has 0 bridgehead atoms. The van der Waals surface area contributed by atoms with Crippen LogP contribution in [0.1, 0.15) is 17.4 Å². The summed E-state index contributed by atoms with van der Waals surface area (Å²) in [4.78, 5) is 17.0. The van der Waals surface area contributed by atoms with Crippen molar-refractivity contribution in [3.05, 3.63) is 84.3 Å². The fourth-order valence-corrected chi connectivity index (χ4v) is 3.87. The minimum absolute atomic E-state index is 0.0992. The van der Waals surface area contributed by atoms with Crippen LogP contribution in [0, 0.1) is 0 Å². The van der Waals surface area contributed by atoms with Gasteiger partial charge in [-0.2, -0.15) is 0 Å². The Kier molecular flexibility index (Phi) is 6.35. The normalized spacial score (nSPS) is 15.1. The first-order valence-corrected chi connectivity index (χ1v) is 10.2. The monoisotopic (exact) mass is 405 g/mol. The molecule has 2 heterocycles. The van der Waals surface area contributed by atoms with Crippen molar-refractivity contribution in [3.8, 4) is 5.75 Å². The van der Waals surface area contributed by atoms with Gasteiger partial charge in [0.1, 0.15) is 11.5 Å². The van der Waals surface area contributed by atoms with Gasteiger partial charge in [-0.15, -0.1) is 0 Å². The van der Waals surface area contributed by atoms with Crippen molar-refractivity contribution in [1.82, 2.24) is 10.2 Å². The van der Waals surface area contributed by atoms with Crippen molar-refractivity contribution in [2.45, 2.75) is 6.04 Å². The molecule has 6 nitrogen and oxygen atoms in total. The van der Waals surface area contributed by atoms with E-state index in [1.807, 2.05) is 65.6 Å². The SMILES string of the molecule is COc1ccccc1N1CCN(C(=O)CN[C@H](c2ccccc2)c2ccco2)CC1. The van der Waals surface area contributed by atoms with E-state index in [4.69, 9.17) is 9.15 Å². The first-order valence-electron chi connectivity index (χ1n) is 10.2. The van der Waals surface area contributed by atoms with E-state index in [1.54, 1.807) is 13.4 Å². The molecule has 30 heavy (non-hydrogen) atoms. The molecule has 0 spiro atoms. The molecule has 1 aliphatic heterocycles. The standard InChI is InChI=1S/C24H27N3O3/c1-29-21-11-6-5-10-20(21)26-13-15-27(16-14-26)23(28)18-25-24(22-12-7-17-30-22)19-8-3-2-4-9-19/h2-12,17,24-25H,13-16,18H2,1H3/t24-/m1/s1. The molecule has 1 aliphatic rings. The predicted molar refractivity (Wildman–Crippen MR) is 117 cm³/mol. The Hall–Kier alpha value is -3.25. The average Bonchev–Trinajstić information content (AvgIpc) is 3.34. The van der Waals surface area contributed by atoms with E-state index >= 15 is 0 Å². The van der Waals surface area contributed by atoms with Gasteiger partial charge in [0, 0.05) is 26.2 Å². The van der Waals surface area contributed by atoms with E-state index in [2.05, 4.69) is 16.3 Å². The molecule has 1 N–H and O–H groups in total. The topological polar surface area (TPSA) is 58.0 Å². The van der Waals surface area contributed by atoms with Crippen molar-refractivity contribution < 1.29 is 13.9 Å². The molecule has 0 saturated carbocycles. The third-order valence-electron chi connectivity index (χ3n) is 5.48. The lowest BCUT2D eigenvalue weighted by atomic mass is 10.0. The van der Waals surface area contributed by atoms with Crippen molar-refractivity contribution >= 4 is 11.6 Å². The molecule has 2 aromatic carbocycles. The molecule has 1 atom stereocenters. The molecule has 6 heteroatoms. The minimum Gasteiger partial charge on any atom is -0.495 e. The third kappa shape index (κ3) is 4.49. The zero-order valence-electron chi connectivity index (χ0n) is 17.2. The highest BCUT2D eigenvalue weighted by Gasteiger charge is 2.24. The van der Waals surface area contributed by atoms with E-state index in [9.17, 15) is 4.79 Å². The molecule has 1 saturated heterocycles. The highest BCUT2D eigenvalue weighted by atomic mass is 16.5. The zero-order chi connectivity index (χ0) is 20.8. The number of hydrogen-bond acceptors (Lipinski definition) is 5. The van der Waals surface area contributed by atoms with E-state index in [-0.39, 0.29) is 18.5 Å². The number of nitrogens with one attached hydrogen (secondary N) is 1. The van der Waals surface area contributed by atoms with Crippen LogP contribution in [-0.2, 0) is 4.79 Å². The van der Waals surface area contributed by atoms with Crippen LogP contribution in [0.25, 0.3) is 0 Å². The summed E-state index contributed by atoms with van der Waals surface area (Å²) in [5.74, 6) is 1.76. The number of nitrogens with zero attached hydrogens (tertiary/aromatic N) is 2. The van der Waals surface area contributed by atoms with Crippen molar-refractivity contribution in [2.24, 2.45) is 0 Å². The van der Waals surface area contributed by atoms with Crippen LogP contribution in [0.15, 0.2) is 77.4 Å². The second kappa shape index (κ2) is 9.50. The van der Waals surface area contributed by atoms with Gasteiger partial charge in [0.25, 0.3) is 0 Å². The number of para-hydroxylation sites is 2. The van der Waals surface area contributed by atoms with Crippen LogP contribution in [-0.4, -0.2) is 50.6 Å². The van der Waals surface area contributed by atoms with E-state index in [1.165, 1.54) is 0 Å². The van der Waals surface area contributed by atoms with Gasteiger partial charge < -0.3 is 19.0 Å². The summed E-state index contributed by atoms with van der Waals surface area (Å²) in [5, 5.41) is 3.38. The van der Waals surface area contributed by atoms with Crippen LogP contribution in [0.2, 0.25) is 0 Å². The fourth-order valence-electron chi connectivity index (χ4n) is 3.87. The van der Waals surface area contributed by atoms with E-state index in [0.29, 0.717) is 13.1 Å². The quantitative estimate of drug-likeness (QED) is 0.654. The van der Waals surface area contributed by atoms with Gasteiger partial charge in [-0.3, -0.25) is 10.1 Å². The molecule has 1 aromatic heterocycles. The van der Waals surface area contributed by atoms with Crippen molar-refractivity contribution in [2.75, 3.05) is 44.7 Å². The van der Waals surface area contributed by atoms with E-state index in [0.717, 1.165) is 35.9 Å². The van der Waals surface area contributed by atoms with Crippen LogP contribution in [0.4, 0.5) is 5.69 Å². The lowest BCUT2D eigenvalue weighted by molar-refractivity contribution is -0.130. The summed E-state index contributed by atoms with van der Waals surface area (Å²) in [6.45, 7) is 3.21. The molecule has 0 unspecified atom stereocenters. The van der Waals surface area contributed by atoms with Gasteiger partial charge in [-0.25, -0.2) is 0 Å². The van der Waals surface area contributed by atoms with Gasteiger partial charge >= 0.3 is 0 Å². The molecular formula is C24H27N3O3. The number of amides is 1. The minimum atomic E-state index is -0.153. The van der Waals surface area contributed by atoms with Gasteiger partial charge in [0.05, 0.1) is 31.6 Å². The maximum atomic E-state index is 12.9. The number of rotatable bonds is 7. The molecule has 1 fully saturated rings. The Morgan fingerprint density at radius 2 is 1.73 bits per heavy atom. The largest absolute Gasteiger partial charge is 0.495 e. The molecule has 156 valence electrons. The van der Waals surface area contributed by atoms with E-state index < -0.39 is 0 Å². The maximum Gasteiger partial charge on any atom is 0.236 e. The average molecular weight is 405 g/mol. The lowest BCUT2D eigenvalue weighted by Crippen LogP contribution is -2.51. The Bertz CT molecular complexity index is 935. The fraction of sp³-hybridized carbons (Fsp3) is 0.292. The third-order valence-corrected chi connectivity index (χ3v) is 5.48. The highest BCUT2D eigenvalue weighted by Crippen LogP contribution is 2.28. The number of furan rings is 1. The number of anilines is 1. The predicted octanol–water partition coefficient (Wildman–Crippen LogP) is 3.32. The summed E-state index contributed by atoms with van der Waals surface area (Å²) in [6.07, 6.45) is 1.66. The summed E-state index contributed by atoms with van der Waals surface area (Å²) in [6, 6.07) is 21.7. The first-order chi connectivity index (χ1) is 14.8. The van der Waals surface area contributed by atoms with Gasteiger partial charge in [-0.1, -0.05) is 42.5 Å². The van der Waals surface area contributed by atoms with Crippen LogP contribution >= 0.6 is 0 Å². The lowest BCUT2D eigenvalue weighted by Gasteiger charge is -2.36. The molecule has 0 radical (unpaired) electrons. The number of methoxy groups -OCH3 is 1. The summed E-state index contributed by atoms with van der Waals surface area (Å²) < 4.78 is 11.1. The van der Waals surface area contributed by atoms with Gasteiger partial charge in [0.15, 0.2) is 0 Å². The molecular weight excluding hydrogens is 378 g/mol. The maximum absolute atomic E-state index is 12.9. The van der Waals surface area contributed by atoms with Crippen LogP contribution in [0.5, 0.6) is 5.75 Å². The van der Waals surface area contributed by atoms with Crippen LogP contribution in [0.3, 0.4) is 0 Å². The molecule has 4 rings (SSSR count). The number of piperazine rings is 1. The summed E-state index contributed by atoms with van der Waals surface area (Å²) in [7, 11) is 1.69. The number of benzene rings is 2. The second-order valence-corrected chi connectivity index (χ2v) is 7.28. The van der Waals surface area contributed by atoms with Gasteiger partial charge in [-0.05, 0) is 29.8 Å². The number of ether oxygens (including phenoxy) is 1. The Morgan fingerprint density at radius 1 is 1.00 bits per heavy atom. The second-order valence-electron chi connectivity index (χ2n) is 7.28. The van der Waals surface area contributed by atoms with Crippen molar-refractivity contribution in [1.29, 1.82) is 0 Å². The zero-order valence-corrected chi connectivity index (χ0v) is 17.2. The van der Waals surface area contributed by atoms with Gasteiger partial charge in [0.2, 0.25) is 5.91 Å². The smallest absolute Gasteiger partial charge is 0.236 e. The Balaban J connectivity index is 1.35. The van der Waals surface area contributed by atoms with Crippen molar-refractivity contribution in [3.63, 3.8) is 0 Å². The first kappa shape index (κ1) is 20.0. The highest BCUT2D eigenvalue weighted by molar-refractivity contribution is 5.78. The van der Waals surface area contributed by atoms with Crippen LogP contribution < -0.4 is 15.0 Å². The molecule has 0 aliphatic carbocycles. The molecule has 1 amide bonds. The summed E-state index contributed by atoms with van der Waals surface area (Å²) in [5.41, 5.74) is 2.15. The molecule has 3 aromatic rings. The Labute approximate surface area is 177 Å². The number of carbonyl (C=O) groups is 1. The Morgan fingerprint density at radius 3 is 2.43 bits per heavy atom.